The summed E-state index contributed by atoms with van der Waals surface area (Å²) in [5.74, 6) is 0.590. The molecule has 0 bridgehead atoms. The van der Waals surface area contributed by atoms with Gasteiger partial charge >= 0.3 is 0 Å². The van der Waals surface area contributed by atoms with Gasteiger partial charge in [-0.2, -0.15) is 0 Å². The molecule has 0 radical (unpaired) electrons. The summed E-state index contributed by atoms with van der Waals surface area (Å²) in [4.78, 5) is 27.2. The van der Waals surface area contributed by atoms with Gasteiger partial charge in [-0.1, -0.05) is 49.4 Å². The zero-order valence-corrected chi connectivity index (χ0v) is 16.3. The average Bonchev–Trinajstić information content (AvgIpc) is 2.71. The fraction of sp³-hybridized carbons (Fsp3) is 0.364. The lowest BCUT2D eigenvalue weighted by Crippen LogP contribution is -2.49. The second-order valence-electron chi connectivity index (χ2n) is 6.44. The molecule has 0 saturated carbocycles. The van der Waals surface area contributed by atoms with Gasteiger partial charge in [-0.25, -0.2) is 0 Å². The lowest BCUT2D eigenvalue weighted by Gasteiger charge is -2.31. The van der Waals surface area contributed by atoms with Crippen LogP contribution in [0.2, 0.25) is 0 Å². The van der Waals surface area contributed by atoms with Gasteiger partial charge in [-0.05, 0) is 29.7 Å². The number of hydrogen-bond donors (Lipinski definition) is 1. The van der Waals surface area contributed by atoms with Crippen LogP contribution in [0.1, 0.15) is 30.9 Å². The van der Waals surface area contributed by atoms with Crippen LogP contribution in [0, 0.1) is 0 Å². The number of nitrogens with zero attached hydrogens (tertiary/aromatic N) is 1. The highest BCUT2D eigenvalue weighted by atomic mass is 16.5. The van der Waals surface area contributed by atoms with Crippen LogP contribution in [0.25, 0.3) is 0 Å². The highest BCUT2D eigenvalue weighted by Gasteiger charge is 2.29. The standard InChI is InChI=1S/C22H28N2O3/c1-4-8-21(25)24(16-18-11-13-19(27-3)14-12-18)20(22(26)23-2)15-17-9-6-5-7-10-17/h5-7,9-14,20H,4,8,15-16H2,1-3H3,(H,23,26)/t20-/m1/s1. The largest absolute Gasteiger partial charge is 0.497 e. The molecular weight excluding hydrogens is 340 g/mol. The van der Waals surface area contributed by atoms with Crippen LogP contribution in [0.5, 0.6) is 5.75 Å². The van der Waals surface area contributed by atoms with E-state index in [0.717, 1.165) is 23.3 Å². The molecule has 0 unspecified atom stereocenters. The summed E-state index contributed by atoms with van der Waals surface area (Å²) in [6.45, 7) is 2.35. The molecule has 0 spiro atoms. The number of carbonyl (C=O) groups is 2. The Kier molecular flexibility index (Phi) is 7.86. The monoisotopic (exact) mass is 368 g/mol. The lowest BCUT2D eigenvalue weighted by atomic mass is 10.0. The molecule has 0 aromatic heterocycles. The van der Waals surface area contributed by atoms with Crippen molar-refractivity contribution in [3.8, 4) is 5.75 Å². The number of benzene rings is 2. The summed E-state index contributed by atoms with van der Waals surface area (Å²) in [6, 6.07) is 16.8. The number of rotatable bonds is 9. The second-order valence-corrected chi connectivity index (χ2v) is 6.44. The van der Waals surface area contributed by atoms with Crippen molar-refractivity contribution < 1.29 is 14.3 Å². The Bertz CT molecular complexity index is 729. The molecule has 27 heavy (non-hydrogen) atoms. The van der Waals surface area contributed by atoms with Crippen molar-refractivity contribution in [2.24, 2.45) is 0 Å². The first-order chi connectivity index (χ1) is 13.1. The van der Waals surface area contributed by atoms with Crippen LogP contribution in [-0.2, 0) is 22.6 Å². The molecule has 0 aliphatic heterocycles. The highest BCUT2D eigenvalue weighted by Crippen LogP contribution is 2.18. The van der Waals surface area contributed by atoms with Gasteiger partial charge < -0.3 is 15.0 Å². The summed E-state index contributed by atoms with van der Waals surface area (Å²) in [7, 11) is 3.23. The smallest absolute Gasteiger partial charge is 0.242 e. The Balaban J connectivity index is 2.30. The van der Waals surface area contributed by atoms with Crippen LogP contribution in [-0.4, -0.2) is 36.9 Å². The number of likely N-dealkylation sites (N-methyl/N-ethyl adjacent to an activating group) is 1. The number of amides is 2. The Morgan fingerprint density at radius 3 is 2.26 bits per heavy atom. The molecule has 0 fully saturated rings. The minimum absolute atomic E-state index is 0.0159. The van der Waals surface area contributed by atoms with Crippen LogP contribution < -0.4 is 10.1 Å². The number of ether oxygens (including phenoxy) is 1. The van der Waals surface area contributed by atoms with Crippen LogP contribution >= 0.6 is 0 Å². The molecule has 144 valence electrons. The van der Waals surface area contributed by atoms with Gasteiger partial charge in [0.15, 0.2) is 0 Å². The predicted molar refractivity (Wildman–Crippen MR) is 106 cm³/mol. The Morgan fingerprint density at radius 1 is 1.04 bits per heavy atom. The van der Waals surface area contributed by atoms with Gasteiger partial charge in [-0.15, -0.1) is 0 Å². The highest BCUT2D eigenvalue weighted by molar-refractivity contribution is 5.87. The summed E-state index contributed by atoms with van der Waals surface area (Å²) < 4.78 is 5.20. The maximum absolute atomic E-state index is 12.8. The summed E-state index contributed by atoms with van der Waals surface area (Å²) >= 11 is 0. The topological polar surface area (TPSA) is 58.6 Å². The van der Waals surface area contributed by atoms with E-state index in [1.54, 1.807) is 19.1 Å². The van der Waals surface area contributed by atoms with Crippen LogP contribution in [0.4, 0.5) is 0 Å². The van der Waals surface area contributed by atoms with Gasteiger partial charge in [0.1, 0.15) is 11.8 Å². The Labute approximate surface area is 161 Å². The first-order valence-corrected chi connectivity index (χ1v) is 9.27. The summed E-state index contributed by atoms with van der Waals surface area (Å²) in [5, 5.41) is 2.71. The van der Waals surface area contributed by atoms with Gasteiger partial charge in [0.25, 0.3) is 0 Å². The number of hydrogen-bond acceptors (Lipinski definition) is 3. The summed E-state index contributed by atoms with van der Waals surface area (Å²) in [6.07, 6.45) is 1.63. The van der Waals surface area contributed by atoms with Crippen molar-refractivity contribution in [3.63, 3.8) is 0 Å². The van der Waals surface area contributed by atoms with Crippen molar-refractivity contribution in [3.05, 3.63) is 65.7 Å². The zero-order chi connectivity index (χ0) is 19.6. The van der Waals surface area contributed by atoms with Crippen molar-refractivity contribution in [1.82, 2.24) is 10.2 Å². The predicted octanol–water partition coefficient (Wildman–Crippen LogP) is 3.18. The van der Waals surface area contributed by atoms with E-state index in [1.807, 2.05) is 61.5 Å². The van der Waals surface area contributed by atoms with E-state index in [-0.39, 0.29) is 11.8 Å². The maximum atomic E-state index is 12.8. The molecular formula is C22H28N2O3. The molecule has 0 heterocycles. The number of methoxy groups -OCH3 is 1. The van der Waals surface area contributed by atoms with E-state index in [1.165, 1.54) is 0 Å². The van der Waals surface area contributed by atoms with Crippen molar-refractivity contribution >= 4 is 11.8 Å². The molecule has 0 aliphatic rings. The van der Waals surface area contributed by atoms with Gasteiger partial charge in [0.2, 0.25) is 11.8 Å². The molecule has 2 rings (SSSR count). The molecule has 5 nitrogen and oxygen atoms in total. The van der Waals surface area contributed by atoms with Crippen molar-refractivity contribution in [2.75, 3.05) is 14.2 Å². The molecule has 0 saturated heterocycles. The molecule has 1 N–H and O–H groups in total. The van der Waals surface area contributed by atoms with Crippen molar-refractivity contribution in [2.45, 2.75) is 38.8 Å². The van der Waals surface area contributed by atoms with Gasteiger partial charge in [-0.3, -0.25) is 9.59 Å². The Morgan fingerprint density at radius 2 is 1.70 bits per heavy atom. The molecule has 2 aromatic rings. The number of carbonyl (C=O) groups excluding carboxylic acids is 2. The molecule has 0 aliphatic carbocycles. The van der Waals surface area contributed by atoms with E-state index in [4.69, 9.17) is 4.74 Å². The van der Waals surface area contributed by atoms with E-state index in [2.05, 4.69) is 5.32 Å². The lowest BCUT2D eigenvalue weighted by molar-refractivity contribution is -0.141. The third-order valence-electron chi connectivity index (χ3n) is 4.49. The van der Waals surface area contributed by atoms with Crippen LogP contribution in [0.15, 0.2) is 54.6 Å². The van der Waals surface area contributed by atoms with Gasteiger partial charge in [0, 0.05) is 26.4 Å². The second kappa shape index (κ2) is 10.4. The minimum atomic E-state index is -0.557. The van der Waals surface area contributed by atoms with E-state index < -0.39 is 6.04 Å². The summed E-state index contributed by atoms with van der Waals surface area (Å²) in [5.41, 5.74) is 1.98. The molecule has 5 heteroatoms. The molecule has 2 amide bonds. The van der Waals surface area contributed by atoms with E-state index in [0.29, 0.717) is 19.4 Å². The fourth-order valence-electron chi connectivity index (χ4n) is 3.01. The molecule has 1 atom stereocenters. The number of nitrogens with one attached hydrogen (secondary N) is 1. The third-order valence-corrected chi connectivity index (χ3v) is 4.49. The van der Waals surface area contributed by atoms with E-state index >= 15 is 0 Å². The van der Waals surface area contributed by atoms with Crippen LogP contribution in [0.3, 0.4) is 0 Å². The molecule has 2 aromatic carbocycles. The third kappa shape index (κ3) is 5.84. The van der Waals surface area contributed by atoms with Crippen molar-refractivity contribution in [1.29, 1.82) is 0 Å². The maximum Gasteiger partial charge on any atom is 0.242 e. The SMILES string of the molecule is CCCC(=O)N(Cc1ccc(OC)cc1)[C@H](Cc1ccccc1)C(=O)NC. The average molecular weight is 368 g/mol. The zero-order valence-electron chi connectivity index (χ0n) is 16.3. The quantitative estimate of drug-likeness (QED) is 0.740. The minimum Gasteiger partial charge on any atom is -0.497 e. The van der Waals surface area contributed by atoms with Gasteiger partial charge in [0.05, 0.1) is 7.11 Å². The normalized spacial score (nSPS) is 11.5. The first-order valence-electron chi connectivity index (χ1n) is 9.27. The van der Waals surface area contributed by atoms with E-state index in [9.17, 15) is 9.59 Å². The first kappa shape index (κ1) is 20.5. The fourth-order valence-corrected chi connectivity index (χ4v) is 3.01. The Hall–Kier alpha value is -2.82.